The summed E-state index contributed by atoms with van der Waals surface area (Å²) in [6, 6.07) is 68.1. The molecule has 0 fully saturated rings. The second kappa shape index (κ2) is 14.4. The summed E-state index contributed by atoms with van der Waals surface area (Å²) < 4.78 is 6.54. The molecule has 10 aromatic rings. The summed E-state index contributed by atoms with van der Waals surface area (Å²) in [5.74, 6) is 1.70. The van der Waals surface area contributed by atoms with E-state index in [-0.39, 0.29) is 0 Å². The summed E-state index contributed by atoms with van der Waals surface area (Å²) in [6.07, 6.45) is 0. The van der Waals surface area contributed by atoms with Gasteiger partial charge in [-0.05, 0) is 87.0 Å². The molecule has 10 rings (SSSR count). The van der Waals surface area contributed by atoms with Gasteiger partial charge in [0.05, 0.1) is 11.6 Å². The van der Waals surface area contributed by atoms with Crippen molar-refractivity contribution in [2.24, 2.45) is 0 Å². The molecule has 8 aromatic carbocycles. The highest BCUT2D eigenvalue weighted by atomic mass is 16.3. The molecule has 5 heteroatoms. The monoisotopic (exact) mass is 728 g/mol. The Balaban J connectivity index is 1.04. The Hall–Kier alpha value is -7.94. The number of hydrogen-bond acceptors (Lipinski definition) is 5. The van der Waals surface area contributed by atoms with E-state index in [0.717, 1.165) is 72.0 Å². The molecule has 0 saturated carbocycles. The molecule has 266 valence electrons. The zero-order valence-electron chi connectivity index (χ0n) is 30.7. The van der Waals surface area contributed by atoms with Crippen LogP contribution in [-0.4, -0.2) is 15.0 Å². The molecule has 0 aliphatic heterocycles. The Morgan fingerprint density at radius 2 is 0.825 bits per heavy atom. The third-order valence-corrected chi connectivity index (χ3v) is 10.3. The maximum absolute atomic E-state index is 9.83. The molecule has 0 spiro atoms. The Labute approximate surface area is 329 Å². The Morgan fingerprint density at radius 1 is 0.351 bits per heavy atom. The quantitative estimate of drug-likeness (QED) is 0.163. The number of furan rings is 1. The highest BCUT2D eigenvalue weighted by Gasteiger charge is 2.17. The summed E-state index contributed by atoms with van der Waals surface area (Å²) >= 11 is 0. The maximum Gasteiger partial charge on any atom is 0.164 e. The first-order valence-corrected chi connectivity index (χ1v) is 18.8. The van der Waals surface area contributed by atoms with E-state index >= 15 is 0 Å². The molecule has 0 amide bonds. The largest absolute Gasteiger partial charge is 0.456 e. The summed E-state index contributed by atoms with van der Waals surface area (Å²) in [4.78, 5) is 15.0. The second-order valence-electron chi connectivity index (χ2n) is 14.0. The number of nitrogens with zero attached hydrogens (tertiary/aromatic N) is 4. The molecule has 0 N–H and O–H groups in total. The van der Waals surface area contributed by atoms with E-state index in [1.54, 1.807) is 0 Å². The van der Waals surface area contributed by atoms with Crippen molar-refractivity contribution in [3.8, 4) is 84.7 Å². The molecule has 0 radical (unpaired) electrons. The molecular weight excluding hydrogens is 697 g/mol. The summed E-state index contributed by atoms with van der Waals surface area (Å²) in [7, 11) is 0. The van der Waals surface area contributed by atoms with Gasteiger partial charge in [0.2, 0.25) is 0 Å². The minimum atomic E-state index is 0.551. The molecule has 5 nitrogen and oxygen atoms in total. The number of fused-ring (bicyclic) bond motifs is 3. The van der Waals surface area contributed by atoms with Crippen LogP contribution >= 0.6 is 0 Å². The maximum atomic E-state index is 9.83. The molecule has 0 atom stereocenters. The molecule has 0 saturated heterocycles. The smallest absolute Gasteiger partial charge is 0.164 e. The van der Waals surface area contributed by atoms with Crippen LogP contribution in [0.4, 0.5) is 0 Å². The molecule has 2 heterocycles. The molecule has 0 unspecified atom stereocenters. The third kappa shape index (κ3) is 6.52. The minimum absolute atomic E-state index is 0.551. The van der Waals surface area contributed by atoms with Gasteiger partial charge in [-0.1, -0.05) is 152 Å². The van der Waals surface area contributed by atoms with E-state index in [2.05, 4.69) is 103 Å². The number of aromatic nitrogens is 3. The lowest BCUT2D eigenvalue weighted by molar-refractivity contribution is 0.669. The van der Waals surface area contributed by atoms with E-state index in [1.165, 1.54) is 11.1 Å². The van der Waals surface area contributed by atoms with E-state index in [4.69, 9.17) is 19.4 Å². The van der Waals surface area contributed by atoms with E-state index < -0.39 is 0 Å². The summed E-state index contributed by atoms with van der Waals surface area (Å²) in [6.45, 7) is 0. The van der Waals surface area contributed by atoms with Crippen LogP contribution in [-0.2, 0) is 0 Å². The van der Waals surface area contributed by atoms with Gasteiger partial charge in [-0.25, -0.2) is 15.0 Å². The minimum Gasteiger partial charge on any atom is -0.456 e. The predicted octanol–water partition coefficient (Wildman–Crippen LogP) is 13.3. The van der Waals surface area contributed by atoms with Crippen LogP contribution in [0.2, 0.25) is 0 Å². The van der Waals surface area contributed by atoms with Gasteiger partial charge in [-0.15, -0.1) is 0 Å². The fourth-order valence-corrected chi connectivity index (χ4v) is 7.52. The number of rotatable bonds is 7. The van der Waals surface area contributed by atoms with Crippen LogP contribution in [0.15, 0.2) is 199 Å². The van der Waals surface area contributed by atoms with Gasteiger partial charge in [0.15, 0.2) is 17.5 Å². The van der Waals surface area contributed by atoms with Crippen LogP contribution in [0.1, 0.15) is 5.56 Å². The van der Waals surface area contributed by atoms with Crippen molar-refractivity contribution >= 4 is 21.9 Å². The highest BCUT2D eigenvalue weighted by Crippen LogP contribution is 2.39. The first-order valence-electron chi connectivity index (χ1n) is 18.8. The molecule has 0 aliphatic carbocycles. The first-order chi connectivity index (χ1) is 28.2. The van der Waals surface area contributed by atoms with Gasteiger partial charge < -0.3 is 4.42 Å². The summed E-state index contributed by atoms with van der Waals surface area (Å²) in [5.41, 5.74) is 13.4. The van der Waals surface area contributed by atoms with Crippen molar-refractivity contribution in [2.45, 2.75) is 0 Å². The van der Waals surface area contributed by atoms with Crippen molar-refractivity contribution in [3.63, 3.8) is 0 Å². The molecular formula is C52H32N4O. The molecule has 0 bridgehead atoms. The van der Waals surface area contributed by atoms with Gasteiger partial charge in [-0.2, -0.15) is 5.26 Å². The van der Waals surface area contributed by atoms with Crippen molar-refractivity contribution in [1.82, 2.24) is 15.0 Å². The Kier molecular flexibility index (Phi) is 8.48. The standard InChI is InChI=1S/C52H32N4O/c53-33-34-28-43(36-14-6-2-7-15-36)31-44(29-34)37-22-24-39(25-23-37)51-54-50(38-16-8-3-9-17-38)55-52(56-51)42-26-27-46-48(32-42)57-47-21-11-20-45(49(46)47)41-19-10-18-40(30-41)35-12-4-1-5-13-35/h1-32H. The van der Waals surface area contributed by atoms with E-state index in [1.807, 2.05) is 97.1 Å². The Morgan fingerprint density at radius 3 is 1.47 bits per heavy atom. The molecule has 0 aliphatic rings. The average molecular weight is 729 g/mol. The SMILES string of the molecule is N#Cc1cc(-c2ccccc2)cc(-c2ccc(-c3nc(-c4ccccc4)nc(-c4ccc5c(c4)oc4cccc(-c6cccc(-c7ccccc7)c6)c45)n3)cc2)c1. The lowest BCUT2D eigenvalue weighted by Crippen LogP contribution is -2.00. The first kappa shape index (κ1) is 33.6. The zero-order valence-corrected chi connectivity index (χ0v) is 30.7. The van der Waals surface area contributed by atoms with Crippen LogP contribution in [0, 0.1) is 11.3 Å². The lowest BCUT2D eigenvalue weighted by atomic mass is 9.95. The fraction of sp³-hybridized carbons (Fsp3) is 0. The second-order valence-corrected chi connectivity index (χ2v) is 14.0. The normalized spacial score (nSPS) is 11.1. The van der Waals surface area contributed by atoms with E-state index in [0.29, 0.717) is 23.0 Å². The highest BCUT2D eigenvalue weighted by molar-refractivity contribution is 6.13. The van der Waals surface area contributed by atoms with Gasteiger partial charge in [0.25, 0.3) is 0 Å². The Bertz CT molecular complexity index is 3110. The molecule has 2 aromatic heterocycles. The van der Waals surface area contributed by atoms with Crippen molar-refractivity contribution in [2.75, 3.05) is 0 Å². The van der Waals surface area contributed by atoms with Crippen LogP contribution in [0.5, 0.6) is 0 Å². The number of nitriles is 1. The van der Waals surface area contributed by atoms with Gasteiger partial charge in [0, 0.05) is 27.5 Å². The van der Waals surface area contributed by atoms with Gasteiger partial charge >= 0.3 is 0 Å². The average Bonchev–Trinajstić information content (AvgIpc) is 3.68. The number of hydrogen-bond donors (Lipinski definition) is 0. The zero-order chi connectivity index (χ0) is 38.1. The fourth-order valence-electron chi connectivity index (χ4n) is 7.52. The van der Waals surface area contributed by atoms with Crippen molar-refractivity contribution < 1.29 is 4.42 Å². The van der Waals surface area contributed by atoms with Crippen molar-refractivity contribution in [3.05, 3.63) is 200 Å². The number of benzene rings is 8. The topological polar surface area (TPSA) is 75.6 Å². The van der Waals surface area contributed by atoms with Gasteiger partial charge in [0.1, 0.15) is 11.2 Å². The third-order valence-electron chi connectivity index (χ3n) is 10.3. The molecule has 57 heavy (non-hydrogen) atoms. The van der Waals surface area contributed by atoms with Gasteiger partial charge in [-0.3, -0.25) is 0 Å². The van der Waals surface area contributed by atoms with Crippen LogP contribution in [0.3, 0.4) is 0 Å². The van der Waals surface area contributed by atoms with Crippen LogP contribution in [0.25, 0.3) is 101 Å². The lowest BCUT2D eigenvalue weighted by Gasteiger charge is -2.10. The summed E-state index contributed by atoms with van der Waals surface area (Å²) in [5, 5.41) is 11.9. The van der Waals surface area contributed by atoms with Crippen LogP contribution < -0.4 is 0 Å². The van der Waals surface area contributed by atoms with E-state index in [9.17, 15) is 5.26 Å². The predicted molar refractivity (Wildman–Crippen MR) is 230 cm³/mol. The van der Waals surface area contributed by atoms with Crippen molar-refractivity contribution in [1.29, 1.82) is 5.26 Å².